The summed E-state index contributed by atoms with van der Waals surface area (Å²) in [5, 5.41) is 0. The van der Waals surface area contributed by atoms with Gasteiger partial charge in [0, 0.05) is 12.1 Å². The number of nitrogens with one attached hydrogen (secondary N) is 1. The van der Waals surface area contributed by atoms with E-state index in [1.165, 1.54) is 0 Å². The molecule has 7 heteroatoms. The van der Waals surface area contributed by atoms with Crippen molar-refractivity contribution in [2.24, 2.45) is 0 Å². The van der Waals surface area contributed by atoms with E-state index in [0.29, 0.717) is 17.7 Å². The topological polar surface area (TPSA) is 94.7 Å². The Morgan fingerprint density at radius 2 is 2.00 bits per heavy atom. The standard InChI is InChI=1S/C15H19NO6/c1-5-20-15(19)12-8(3)11(9(4)16-12)14(18)22-10-6-7(2)21-13(10)17/h7,10,16H,5-6H2,1-4H3/t7-,10+/m1/s1. The summed E-state index contributed by atoms with van der Waals surface area (Å²) in [5.74, 6) is -1.73. The number of aryl methyl sites for hydroxylation is 1. The third kappa shape index (κ3) is 2.98. The van der Waals surface area contributed by atoms with Crippen molar-refractivity contribution in [3.63, 3.8) is 0 Å². The predicted molar refractivity (Wildman–Crippen MR) is 75.6 cm³/mol. The third-order valence-electron chi connectivity index (χ3n) is 3.50. The van der Waals surface area contributed by atoms with Crippen molar-refractivity contribution in [3.05, 3.63) is 22.5 Å². The molecule has 2 rings (SSSR count). The highest BCUT2D eigenvalue weighted by Gasteiger charge is 2.36. The number of carbonyl (C=O) groups is 3. The number of rotatable bonds is 4. The molecule has 1 aliphatic heterocycles. The van der Waals surface area contributed by atoms with Gasteiger partial charge in [0.2, 0.25) is 6.10 Å². The Kier molecular flexibility index (Phi) is 4.54. The maximum atomic E-state index is 12.3. The van der Waals surface area contributed by atoms with Crippen LogP contribution in [-0.4, -0.2) is 41.7 Å². The zero-order chi connectivity index (χ0) is 16.4. The Bertz CT molecular complexity index is 618. The number of ether oxygens (including phenoxy) is 3. The van der Waals surface area contributed by atoms with Gasteiger partial charge in [-0.1, -0.05) is 0 Å². The molecule has 0 saturated carbocycles. The molecule has 0 bridgehead atoms. The van der Waals surface area contributed by atoms with E-state index in [4.69, 9.17) is 14.2 Å². The van der Waals surface area contributed by atoms with Crippen LogP contribution in [0.2, 0.25) is 0 Å². The molecular formula is C15H19NO6. The van der Waals surface area contributed by atoms with Crippen molar-refractivity contribution in [1.82, 2.24) is 4.98 Å². The van der Waals surface area contributed by atoms with E-state index >= 15 is 0 Å². The fourth-order valence-electron chi connectivity index (χ4n) is 2.47. The van der Waals surface area contributed by atoms with Crippen molar-refractivity contribution < 1.29 is 28.6 Å². The molecule has 0 aromatic carbocycles. The van der Waals surface area contributed by atoms with Gasteiger partial charge in [-0.2, -0.15) is 0 Å². The molecule has 2 atom stereocenters. The lowest BCUT2D eigenvalue weighted by atomic mass is 10.1. The first-order valence-electron chi connectivity index (χ1n) is 7.12. The predicted octanol–water partition coefficient (Wildman–Crippen LogP) is 1.67. The molecule has 120 valence electrons. The number of carbonyl (C=O) groups excluding carboxylic acids is 3. The molecule has 1 aromatic heterocycles. The Labute approximate surface area is 127 Å². The molecule has 0 radical (unpaired) electrons. The van der Waals surface area contributed by atoms with Gasteiger partial charge in [-0.3, -0.25) is 0 Å². The molecule has 1 fully saturated rings. The van der Waals surface area contributed by atoms with Crippen LogP contribution in [0.25, 0.3) is 0 Å². The highest BCUT2D eigenvalue weighted by Crippen LogP contribution is 2.23. The summed E-state index contributed by atoms with van der Waals surface area (Å²) < 4.78 is 15.1. The van der Waals surface area contributed by atoms with Crippen LogP contribution >= 0.6 is 0 Å². The summed E-state index contributed by atoms with van der Waals surface area (Å²) in [5.41, 5.74) is 1.40. The number of H-pyrrole nitrogens is 1. The zero-order valence-corrected chi connectivity index (χ0v) is 13.0. The smallest absolute Gasteiger partial charge is 0.355 e. The first-order chi connectivity index (χ1) is 10.3. The summed E-state index contributed by atoms with van der Waals surface area (Å²) >= 11 is 0. The number of cyclic esters (lactones) is 1. The van der Waals surface area contributed by atoms with Crippen molar-refractivity contribution in [2.75, 3.05) is 6.61 Å². The van der Waals surface area contributed by atoms with Crippen LogP contribution in [0.5, 0.6) is 0 Å². The van der Waals surface area contributed by atoms with Gasteiger partial charge in [0.25, 0.3) is 0 Å². The van der Waals surface area contributed by atoms with Gasteiger partial charge in [0.15, 0.2) is 0 Å². The molecule has 0 aliphatic carbocycles. The quantitative estimate of drug-likeness (QED) is 0.671. The maximum Gasteiger partial charge on any atom is 0.355 e. The summed E-state index contributed by atoms with van der Waals surface area (Å²) in [7, 11) is 0. The van der Waals surface area contributed by atoms with Crippen LogP contribution in [0.4, 0.5) is 0 Å². The SMILES string of the molecule is CCOC(=O)c1[nH]c(C)c(C(=O)O[C@H]2C[C@@H](C)OC2=O)c1C. The fraction of sp³-hybridized carbons (Fsp3) is 0.533. The van der Waals surface area contributed by atoms with Crippen LogP contribution in [0, 0.1) is 13.8 Å². The highest BCUT2D eigenvalue weighted by molar-refractivity contribution is 5.99. The molecule has 0 spiro atoms. The molecule has 7 nitrogen and oxygen atoms in total. The van der Waals surface area contributed by atoms with E-state index in [1.54, 1.807) is 27.7 Å². The van der Waals surface area contributed by atoms with E-state index in [9.17, 15) is 14.4 Å². The normalized spacial score (nSPS) is 20.6. The molecule has 1 N–H and O–H groups in total. The molecule has 22 heavy (non-hydrogen) atoms. The van der Waals surface area contributed by atoms with Crippen LogP contribution in [-0.2, 0) is 19.0 Å². The third-order valence-corrected chi connectivity index (χ3v) is 3.50. The van der Waals surface area contributed by atoms with E-state index in [0.717, 1.165) is 0 Å². The average Bonchev–Trinajstić information content (AvgIpc) is 2.89. The van der Waals surface area contributed by atoms with Gasteiger partial charge in [-0.15, -0.1) is 0 Å². The van der Waals surface area contributed by atoms with E-state index in [1.807, 2.05) is 0 Å². The van der Waals surface area contributed by atoms with Gasteiger partial charge in [0.05, 0.1) is 12.2 Å². The monoisotopic (exact) mass is 309 g/mol. The first kappa shape index (κ1) is 16.1. The second-order valence-corrected chi connectivity index (χ2v) is 5.22. The molecule has 1 saturated heterocycles. The molecule has 1 aromatic rings. The van der Waals surface area contributed by atoms with Gasteiger partial charge < -0.3 is 19.2 Å². The average molecular weight is 309 g/mol. The summed E-state index contributed by atoms with van der Waals surface area (Å²) in [6.45, 7) is 6.95. The van der Waals surface area contributed by atoms with E-state index < -0.39 is 24.0 Å². The Morgan fingerprint density at radius 1 is 1.32 bits per heavy atom. The number of hydrogen-bond acceptors (Lipinski definition) is 6. The van der Waals surface area contributed by atoms with Crippen LogP contribution < -0.4 is 0 Å². The lowest BCUT2D eigenvalue weighted by Crippen LogP contribution is -2.23. The lowest BCUT2D eigenvalue weighted by Gasteiger charge is -2.09. The number of esters is 3. The Hall–Kier alpha value is -2.31. The van der Waals surface area contributed by atoms with Gasteiger partial charge in [0.1, 0.15) is 11.8 Å². The van der Waals surface area contributed by atoms with Crippen molar-refractivity contribution >= 4 is 17.9 Å². The van der Waals surface area contributed by atoms with E-state index in [2.05, 4.69) is 4.98 Å². The molecule has 0 amide bonds. The minimum absolute atomic E-state index is 0.216. The fourth-order valence-corrected chi connectivity index (χ4v) is 2.47. The van der Waals surface area contributed by atoms with Gasteiger partial charge in [-0.25, -0.2) is 14.4 Å². The zero-order valence-electron chi connectivity index (χ0n) is 13.0. The second-order valence-electron chi connectivity index (χ2n) is 5.22. The Morgan fingerprint density at radius 3 is 2.55 bits per heavy atom. The maximum absolute atomic E-state index is 12.3. The van der Waals surface area contributed by atoms with Crippen molar-refractivity contribution in [1.29, 1.82) is 0 Å². The van der Waals surface area contributed by atoms with Gasteiger partial charge in [-0.05, 0) is 33.3 Å². The minimum Gasteiger partial charge on any atom is -0.461 e. The number of aromatic amines is 1. The molecule has 2 heterocycles. The second kappa shape index (κ2) is 6.21. The van der Waals surface area contributed by atoms with Crippen LogP contribution in [0.1, 0.15) is 52.4 Å². The number of hydrogen-bond donors (Lipinski definition) is 1. The van der Waals surface area contributed by atoms with Crippen LogP contribution in [0.3, 0.4) is 0 Å². The highest BCUT2D eigenvalue weighted by atomic mass is 16.6. The molecular weight excluding hydrogens is 290 g/mol. The lowest BCUT2D eigenvalue weighted by molar-refractivity contribution is -0.147. The van der Waals surface area contributed by atoms with Crippen molar-refractivity contribution in [2.45, 2.75) is 46.3 Å². The summed E-state index contributed by atoms with van der Waals surface area (Å²) in [4.78, 5) is 38.5. The first-order valence-corrected chi connectivity index (χ1v) is 7.12. The summed E-state index contributed by atoms with van der Waals surface area (Å²) in [6, 6.07) is 0. The largest absolute Gasteiger partial charge is 0.461 e. The summed E-state index contributed by atoms with van der Waals surface area (Å²) in [6.07, 6.45) is -0.839. The van der Waals surface area contributed by atoms with Crippen molar-refractivity contribution in [3.8, 4) is 0 Å². The van der Waals surface area contributed by atoms with Gasteiger partial charge >= 0.3 is 17.9 Å². The molecule has 0 unspecified atom stereocenters. The minimum atomic E-state index is -0.901. The Balaban J connectivity index is 2.20. The molecule has 1 aliphatic rings. The van der Waals surface area contributed by atoms with Crippen LogP contribution in [0.15, 0.2) is 0 Å². The number of aromatic nitrogens is 1. The van der Waals surface area contributed by atoms with E-state index in [-0.39, 0.29) is 24.0 Å².